The number of rotatable bonds is 9. The van der Waals surface area contributed by atoms with Gasteiger partial charge in [-0.15, -0.1) is 0 Å². The van der Waals surface area contributed by atoms with Crippen molar-refractivity contribution in [2.24, 2.45) is 0 Å². The van der Waals surface area contributed by atoms with E-state index in [0.29, 0.717) is 17.0 Å². The molecular weight excluding hydrogens is 434 g/mol. The van der Waals surface area contributed by atoms with Gasteiger partial charge in [-0.2, -0.15) is 0 Å². The molecule has 0 aromatic heterocycles. The number of hydrogen-bond acceptors (Lipinski definition) is 5. The molecule has 3 atom stereocenters. The van der Waals surface area contributed by atoms with Gasteiger partial charge in [0, 0.05) is 18.0 Å². The highest BCUT2D eigenvalue weighted by Gasteiger charge is 2.39. The van der Waals surface area contributed by atoms with E-state index in [2.05, 4.69) is 15.6 Å². The highest BCUT2D eigenvalue weighted by molar-refractivity contribution is 6.31. The molecule has 0 saturated carbocycles. The molecule has 3 rings (SSSR count). The summed E-state index contributed by atoms with van der Waals surface area (Å²) in [5.41, 5.74) is 3.62. The Morgan fingerprint density at radius 1 is 1.22 bits per heavy atom. The summed E-state index contributed by atoms with van der Waals surface area (Å²) in [5, 5.41) is 14.1. The van der Waals surface area contributed by atoms with Crippen LogP contribution in [0.5, 0.6) is 0 Å². The van der Waals surface area contributed by atoms with Gasteiger partial charge in [0.1, 0.15) is 6.04 Å². The van der Waals surface area contributed by atoms with Gasteiger partial charge in [0.05, 0.1) is 13.2 Å². The number of aliphatic hydroxyl groups excluding tert-OH is 1. The van der Waals surface area contributed by atoms with E-state index in [4.69, 9.17) is 11.6 Å². The fraction of sp³-hybridized carbons (Fsp3) is 0.348. The van der Waals surface area contributed by atoms with E-state index in [1.54, 1.807) is 24.3 Å². The Hall–Kier alpha value is -2.94. The minimum Gasteiger partial charge on any atom is -0.381 e. The number of nitrogens with one attached hydrogen (secondary N) is 2. The van der Waals surface area contributed by atoms with Crippen LogP contribution in [0.3, 0.4) is 0 Å². The Labute approximate surface area is 191 Å². The van der Waals surface area contributed by atoms with Crippen LogP contribution in [0.4, 0.5) is 0 Å². The molecular formula is C23H26ClN3O5. The molecule has 0 radical (unpaired) electrons. The molecule has 2 unspecified atom stereocenters. The SMILES string of the molecule is CONC(=O)C(O)C(Cc1ccccc1)N(Cc1ccccc1Cl)C(=O)[C@H]1CCC(=O)N1. The Balaban J connectivity index is 1.99. The van der Waals surface area contributed by atoms with E-state index in [9.17, 15) is 19.5 Å². The Morgan fingerprint density at radius 2 is 1.91 bits per heavy atom. The van der Waals surface area contributed by atoms with Crippen LogP contribution < -0.4 is 10.8 Å². The first kappa shape index (κ1) is 23.7. The van der Waals surface area contributed by atoms with Crippen LogP contribution in [0.2, 0.25) is 5.02 Å². The molecule has 1 heterocycles. The van der Waals surface area contributed by atoms with Gasteiger partial charge in [-0.1, -0.05) is 60.1 Å². The highest BCUT2D eigenvalue weighted by atomic mass is 35.5. The molecule has 32 heavy (non-hydrogen) atoms. The molecule has 3 amide bonds. The first-order chi connectivity index (χ1) is 15.4. The van der Waals surface area contributed by atoms with Crippen LogP contribution in [-0.2, 0) is 32.2 Å². The second-order valence-corrected chi connectivity index (χ2v) is 8.00. The Morgan fingerprint density at radius 3 is 2.53 bits per heavy atom. The molecule has 0 bridgehead atoms. The van der Waals surface area contributed by atoms with Crippen molar-refractivity contribution in [3.05, 3.63) is 70.7 Å². The number of carbonyl (C=O) groups is 3. The standard InChI is InChI=1S/C23H26ClN3O5/c1-32-26-22(30)21(29)19(13-15-7-3-2-4-8-15)27(14-16-9-5-6-10-17(16)24)23(31)18-11-12-20(28)25-18/h2-10,18-19,21,29H,11-14H2,1H3,(H,25,28)(H,26,30)/t18-,19?,21?/m1/s1. The van der Waals surface area contributed by atoms with Crippen LogP contribution >= 0.6 is 11.6 Å². The predicted molar refractivity (Wildman–Crippen MR) is 118 cm³/mol. The van der Waals surface area contributed by atoms with Crippen LogP contribution in [0.25, 0.3) is 0 Å². The van der Waals surface area contributed by atoms with Crippen molar-refractivity contribution in [2.75, 3.05) is 7.11 Å². The fourth-order valence-electron chi connectivity index (χ4n) is 3.75. The Kier molecular flexibility index (Phi) is 8.21. The first-order valence-corrected chi connectivity index (χ1v) is 10.7. The molecule has 0 spiro atoms. The summed E-state index contributed by atoms with van der Waals surface area (Å²) in [6, 6.07) is 14.6. The topological polar surface area (TPSA) is 108 Å². The van der Waals surface area contributed by atoms with Crippen LogP contribution in [0.1, 0.15) is 24.0 Å². The summed E-state index contributed by atoms with van der Waals surface area (Å²) in [6.45, 7) is 0.0553. The number of nitrogens with zero attached hydrogens (tertiary/aromatic N) is 1. The number of hydrogen-bond donors (Lipinski definition) is 3. The van der Waals surface area contributed by atoms with Crippen LogP contribution in [-0.4, -0.2) is 53.0 Å². The van der Waals surface area contributed by atoms with Crippen molar-refractivity contribution in [3.63, 3.8) is 0 Å². The molecule has 1 aliphatic rings. The minimum absolute atomic E-state index is 0.0553. The van der Waals surface area contributed by atoms with Crippen molar-refractivity contribution in [2.45, 2.75) is 44.0 Å². The molecule has 0 aliphatic carbocycles. The van der Waals surface area contributed by atoms with Crippen molar-refractivity contribution < 1.29 is 24.3 Å². The van der Waals surface area contributed by atoms with E-state index in [0.717, 1.165) is 5.56 Å². The summed E-state index contributed by atoms with van der Waals surface area (Å²) in [5.74, 6) is -1.37. The largest absolute Gasteiger partial charge is 0.381 e. The van der Waals surface area contributed by atoms with Gasteiger partial charge < -0.3 is 15.3 Å². The number of aliphatic hydroxyl groups is 1. The summed E-state index contributed by atoms with van der Waals surface area (Å²) in [6.07, 6.45) is -0.795. The first-order valence-electron chi connectivity index (χ1n) is 10.3. The van der Waals surface area contributed by atoms with Gasteiger partial charge >= 0.3 is 0 Å². The number of hydroxylamine groups is 1. The number of halogens is 1. The molecule has 9 heteroatoms. The lowest BCUT2D eigenvalue weighted by Gasteiger charge is -2.36. The van der Waals surface area contributed by atoms with E-state index in [1.165, 1.54) is 12.0 Å². The molecule has 1 saturated heterocycles. The minimum atomic E-state index is -1.58. The lowest BCUT2D eigenvalue weighted by atomic mass is 9.97. The third-order valence-electron chi connectivity index (χ3n) is 5.40. The molecule has 1 aliphatic heterocycles. The highest BCUT2D eigenvalue weighted by Crippen LogP contribution is 2.24. The lowest BCUT2D eigenvalue weighted by molar-refractivity contribution is -0.149. The summed E-state index contributed by atoms with van der Waals surface area (Å²) in [4.78, 5) is 43.8. The van der Waals surface area contributed by atoms with Gasteiger partial charge in [-0.25, -0.2) is 5.48 Å². The van der Waals surface area contributed by atoms with Gasteiger partial charge in [0.2, 0.25) is 11.8 Å². The maximum absolute atomic E-state index is 13.5. The molecule has 8 nitrogen and oxygen atoms in total. The van der Waals surface area contributed by atoms with Crippen molar-refractivity contribution >= 4 is 29.3 Å². The second kappa shape index (κ2) is 11.1. The molecule has 2 aromatic rings. The summed E-state index contributed by atoms with van der Waals surface area (Å²) < 4.78 is 0. The third kappa shape index (κ3) is 5.85. The van der Waals surface area contributed by atoms with Crippen molar-refractivity contribution in [1.82, 2.24) is 15.7 Å². The Bertz CT molecular complexity index is 956. The number of carbonyl (C=O) groups excluding carboxylic acids is 3. The zero-order valence-electron chi connectivity index (χ0n) is 17.7. The van der Waals surface area contributed by atoms with Crippen LogP contribution in [0.15, 0.2) is 54.6 Å². The van der Waals surface area contributed by atoms with Gasteiger partial charge in [0.15, 0.2) is 6.10 Å². The zero-order valence-corrected chi connectivity index (χ0v) is 18.4. The van der Waals surface area contributed by atoms with E-state index >= 15 is 0 Å². The predicted octanol–water partition coefficient (Wildman–Crippen LogP) is 1.60. The van der Waals surface area contributed by atoms with Crippen molar-refractivity contribution in [1.29, 1.82) is 0 Å². The molecule has 170 valence electrons. The van der Waals surface area contributed by atoms with Gasteiger partial charge in [0.25, 0.3) is 5.91 Å². The maximum atomic E-state index is 13.5. The van der Waals surface area contributed by atoms with Crippen LogP contribution in [0, 0.1) is 0 Å². The molecule has 3 N–H and O–H groups in total. The maximum Gasteiger partial charge on any atom is 0.274 e. The number of benzene rings is 2. The molecule has 1 fully saturated rings. The third-order valence-corrected chi connectivity index (χ3v) is 5.77. The zero-order chi connectivity index (χ0) is 23.1. The molecule has 2 aromatic carbocycles. The van der Waals surface area contributed by atoms with E-state index in [1.807, 2.05) is 30.3 Å². The fourth-order valence-corrected chi connectivity index (χ4v) is 3.95. The van der Waals surface area contributed by atoms with Gasteiger partial charge in [-0.05, 0) is 30.0 Å². The second-order valence-electron chi connectivity index (χ2n) is 7.59. The average molecular weight is 460 g/mol. The number of amides is 3. The van der Waals surface area contributed by atoms with Crippen molar-refractivity contribution in [3.8, 4) is 0 Å². The lowest BCUT2D eigenvalue weighted by Crippen LogP contribution is -2.56. The monoisotopic (exact) mass is 459 g/mol. The van der Waals surface area contributed by atoms with E-state index < -0.39 is 24.1 Å². The normalized spacial score (nSPS) is 17.3. The van der Waals surface area contributed by atoms with E-state index in [-0.39, 0.29) is 31.2 Å². The average Bonchev–Trinajstić information content (AvgIpc) is 3.23. The summed E-state index contributed by atoms with van der Waals surface area (Å²) >= 11 is 6.34. The summed E-state index contributed by atoms with van der Waals surface area (Å²) in [7, 11) is 1.26. The quantitative estimate of drug-likeness (QED) is 0.494. The van der Waals surface area contributed by atoms with Gasteiger partial charge in [-0.3, -0.25) is 19.2 Å². The smallest absolute Gasteiger partial charge is 0.274 e.